The first kappa shape index (κ1) is 14.4. The van der Waals surface area contributed by atoms with Crippen LogP contribution >= 0.6 is 0 Å². The van der Waals surface area contributed by atoms with Crippen LogP contribution in [0, 0.1) is 13.8 Å². The van der Waals surface area contributed by atoms with Crippen LogP contribution in [0.3, 0.4) is 0 Å². The number of aromatic nitrogens is 3. The van der Waals surface area contributed by atoms with Crippen molar-refractivity contribution in [1.29, 1.82) is 0 Å². The molecule has 0 spiro atoms. The first-order valence-electron chi connectivity index (χ1n) is 7.56. The number of aryl methyl sites for hydroxylation is 2. The molecule has 0 aliphatic carbocycles. The molecule has 2 amide bonds. The van der Waals surface area contributed by atoms with Gasteiger partial charge in [0.15, 0.2) is 5.65 Å². The molecule has 0 bridgehead atoms. The van der Waals surface area contributed by atoms with Crippen molar-refractivity contribution in [2.75, 3.05) is 5.32 Å². The van der Waals surface area contributed by atoms with Crippen molar-refractivity contribution in [3.05, 3.63) is 59.0 Å². The number of benzene rings is 1. The van der Waals surface area contributed by atoms with Crippen LogP contribution in [-0.4, -0.2) is 26.4 Å². The van der Waals surface area contributed by atoms with Crippen LogP contribution in [-0.2, 0) is 4.79 Å². The molecule has 1 atom stereocenters. The topological polar surface area (TPSA) is 88.4 Å². The van der Waals surface area contributed by atoms with E-state index in [9.17, 15) is 9.59 Å². The number of anilines is 1. The number of nitrogens with one attached hydrogen (secondary N) is 2. The van der Waals surface area contributed by atoms with Crippen LogP contribution in [0.5, 0.6) is 0 Å². The van der Waals surface area contributed by atoms with Gasteiger partial charge in [0.25, 0.3) is 11.8 Å². The molecule has 1 unspecified atom stereocenters. The Morgan fingerprint density at radius 1 is 1.29 bits per heavy atom. The smallest absolute Gasteiger partial charge is 0.257 e. The van der Waals surface area contributed by atoms with E-state index in [1.54, 1.807) is 16.9 Å². The maximum Gasteiger partial charge on any atom is 0.257 e. The normalized spacial score (nSPS) is 16.1. The lowest BCUT2D eigenvalue weighted by Crippen LogP contribution is -2.33. The van der Waals surface area contributed by atoms with Gasteiger partial charge in [0.2, 0.25) is 0 Å². The molecular weight excluding hydrogens is 306 g/mol. The second-order valence-electron chi connectivity index (χ2n) is 5.89. The summed E-state index contributed by atoms with van der Waals surface area (Å²) in [6, 6.07) is 4.90. The molecule has 1 aliphatic heterocycles. The molecule has 120 valence electrons. The predicted octanol–water partition coefficient (Wildman–Crippen LogP) is 1.77. The summed E-state index contributed by atoms with van der Waals surface area (Å²) in [7, 11) is 0. The predicted molar refractivity (Wildman–Crippen MR) is 87.7 cm³/mol. The van der Waals surface area contributed by atoms with E-state index in [2.05, 4.69) is 20.7 Å². The highest BCUT2D eigenvalue weighted by Crippen LogP contribution is 2.33. The maximum absolute atomic E-state index is 12.6. The van der Waals surface area contributed by atoms with Gasteiger partial charge in [0.1, 0.15) is 11.6 Å². The van der Waals surface area contributed by atoms with Crippen LogP contribution < -0.4 is 10.6 Å². The number of nitrogens with zero attached hydrogens (tertiary/aromatic N) is 3. The molecule has 7 heteroatoms. The van der Waals surface area contributed by atoms with E-state index < -0.39 is 6.04 Å². The highest BCUT2D eigenvalue weighted by atomic mass is 16.2. The molecule has 0 saturated carbocycles. The van der Waals surface area contributed by atoms with Crippen molar-refractivity contribution >= 4 is 23.1 Å². The monoisotopic (exact) mass is 321 g/mol. The third kappa shape index (κ3) is 2.13. The average Bonchev–Trinajstić information content (AvgIpc) is 3.09. The van der Waals surface area contributed by atoms with Crippen molar-refractivity contribution in [1.82, 2.24) is 19.9 Å². The minimum atomic E-state index is -0.714. The number of carbonyl (C=O) groups is 2. The fourth-order valence-electron chi connectivity index (χ4n) is 2.98. The third-order valence-electron chi connectivity index (χ3n) is 4.14. The molecule has 2 aromatic heterocycles. The minimum Gasteiger partial charge on any atom is -0.336 e. The summed E-state index contributed by atoms with van der Waals surface area (Å²) < 4.78 is 1.55. The van der Waals surface area contributed by atoms with Crippen molar-refractivity contribution in [3.8, 4) is 0 Å². The lowest BCUT2D eigenvalue weighted by molar-refractivity contribution is -0.117. The summed E-state index contributed by atoms with van der Waals surface area (Å²) in [5.74, 6) is -0.620. The van der Waals surface area contributed by atoms with Gasteiger partial charge < -0.3 is 10.6 Å². The summed E-state index contributed by atoms with van der Waals surface area (Å²) >= 11 is 0. The number of carbonyl (C=O) groups excluding carboxylic acids is 2. The van der Waals surface area contributed by atoms with E-state index in [1.165, 1.54) is 6.20 Å². The Balaban J connectivity index is 1.68. The second kappa shape index (κ2) is 5.16. The van der Waals surface area contributed by atoms with Crippen molar-refractivity contribution in [2.45, 2.75) is 19.9 Å². The molecule has 1 aliphatic rings. The van der Waals surface area contributed by atoms with Crippen LogP contribution in [0.25, 0.3) is 5.65 Å². The van der Waals surface area contributed by atoms with E-state index in [1.807, 2.05) is 32.0 Å². The first-order chi connectivity index (χ1) is 11.5. The number of hydrogen-bond donors (Lipinski definition) is 2. The minimum absolute atomic E-state index is 0.243. The van der Waals surface area contributed by atoms with Gasteiger partial charge in [-0.1, -0.05) is 12.1 Å². The third-order valence-corrected chi connectivity index (χ3v) is 4.14. The molecule has 24 heavy (non-hydrogen) atoms. The SMILES string of the molecule is Cc1cnc2c(C(=O)NC3C(=O)Nc4cccc(C)c43)cnn2c1. The highest BCUT2D eigenvalue weighted by molar-refractivity contribution is 6.08. The van der Waals surface area contributed by atoms with Crippen LogP contribution in [0.15, 0.2) is 36.8 Å². The standard InChI is InChI=1S/C17H15N5O2/c1-9-6-18-15-11(7-19-22(15)8-9)16(23)21-14-13-10(2)4-3-5-12(13)20-17(14)24/h3-8,14H,1-2H3,(H,20,24)(H,21,23). The Kier molecular flexibility index (Phi) is 3.09. The zero-order chi connectivity index (χ0) is 16.8. The molecule has 3 aromatic rings. The lowest BCUT2D eigenvalue weighted by atomic mass is 10.0. The van der Waals surface area contributed by atoms with Gasteiger partial charge in [-0.25, -0.2) is 9.50 Å². The van der Waals surface area contributed by atoms with Crippen LogP contribution in [0.4, 0.5) is 5.69 Å². The van der Waals surface area contributed by atoms with Gasteiger partial charge in [-0.05, 0) is 31.0 Å². The van der Waals surface area contributed by atoms with Crippen molar-refractivity contribution < 1.29 is 9.59 Å². The molecule has 2 N–H and O–H groups in total. The average molecular weight is 321 g/mol. The Bertz CT molecular complexity index is 992. The molecule has 4 rings (SSSR count). The number of fused-ring (bicyclic) bond motifs is 2. The summed E-state index contributed by atoms with van der Waals surface area (Å²) in [5.41, 5.74) is 4.23. The maximum atomic E-state index is 12.6. The fraction of sp³-hybridized carbons (Fsp3) is 0.176. The zero-order valence-corrected chi connectivity index (χ0v) is 13.2. The second-order valence-corrected chi connectivity index (χ2v) is 5.89. The number of hydrogen-bond acceptors (Lipinski definition) is 4. The molecule has 0 fully saturated rings. The quantitative estimate of drug-likeness (QED) is 0.753. The molecule has 3 heterocycles. The molecular formula is C17H15N5O2. The van der Waals surface area contributed by atoms with E-state index in [0.717, 1.165) is 22.4 Å². The Hall–Kier alpha value is -3.22. The van der Waals surface area contributed by atoms with Crippen molar-refractivity contribution in [3.63, 3.8) is 0 Å². The van der Waals surface area contributed by atoms with Crippen LogP contribution in [0.2, 0.25) is 0 Å². The zero-order valence-electron chi connectivity index (χ0n) is 13.2. The highest BCUT2D eigenvalue weighted by Gasteiger charge is 2.33. The van der Waals surface area contributed by atoms with Gasteiger partial charge in [-0.3, -0.25) is 9.59 Å². The van der Waals surface area contributed by atoms with Gasteiger partial charge in [-0.2, -0.15) is 5.10 Å². The number of amides is 2. The number of rotatable bonds is 2. The summed E-state index contributed by atoms with van der Waals surface area (Å²) in [6.45, 7) is 3.81. The largest absolute Gasteiger partial charge is 0.336 e. The van der Waals surface area contributed by atoms with Gasteiger partial charge >= 0.3 is 0 Å². The van der Waals surface area contributed by atoms with E-state index in [-0.39, 0.29) is 11.8 Å². The lowest BCUT2D eigenvalue weighted by Gasteiger charge is -2.12. The summed E-state index contributed by atoms with van der Waals surface area (Å²) in [5, 5.41) is 9.73. The van der Waals surface area contributed by atoms with Gasteiger partial charge in [0, 0.05) is 23.6 Å². The summed E-state index contributed by atoms with van der Waals surface area (Å²) in [4.78, 5) is 29.1. The molecule has 7 nitrogen and oxygen atoms in total. The first-order valence-corrected chi connectivity index (χ1v) is 7.56. The molecule has 0 radical (unpaired) electrons. The van der Waals surface area contributed by atoms with E-state index >= 15 is 0 Å². The van der Waals surface area contributed by atoms with Gasteiger partial charge in [-0.15, -0.1) is 0 Å². The molecule has 1 aromatic carbocycles. The fourth-order valence-corrected chi connectivity index (χ4v) is 2.98. The Morgan fingerprint density at radius 3 is 2.96 bits per heavy atom. The summed E-state index contributed by atoms with van der Waals surface area (Å²) in [6.07, 6.45) is 4.93. The van der Waals surface area contributed by atoms with Crippen molar-refractivity contribution in [2.24, 2.45) is 0 Å². The van der Waals surface area contributed by atoms with E-state index in [0.29, 0.717) is 11.2 Å². The Labute approximate surface area is 137 Å². The molecule has 0 saturated heterocycles. The Morgan fingerprint density at radius 2 is 2.12 bits per heavy atom. The van der Waals surface area contributed by atoms with Gasteiger partial charge in [0.05, 0.1) is 6.20 Å². The van der Waals surface area contributed by atoms with Crippen LogP contribution in [0.1, 0.15) is 33.1 Å². The van der Waals surface area contributed by atoms with E-state index in [4.69, 9.17) is 0 Å².